The molecule has 0 fully saturated rings. The standard InChI is InChI=1S/C27H24N6O3/c1-3-36-25(34)17-28-26(35)23-13-15-33(31-23)27-30-29-24-16-20(12-14-32(24)27)22-11-7-10-21(18(22)2)19-8-5-4-6-9-19/h4-16H,3,17H2,1-2H3,(H,28,35). The van der Waals surface area contributed by atoms with E-state index in [-0.39, 0.29) is 18.8 Å². The van der Waals surface area contributed by atoms with Crippen LogP contribution in [-0.2, 0) is 9.53 Å². The topological polar surface area (TPSA) is 103 Å². The van der Waals surface area contributed by atoms with Crippen molar-refractivity contribution in [3.05, 3.63) is 90.4 Å². The van der Waals surface area contributed by atoms with Gasteiger partial charge in [-0.2, -0.15) is 5.10 Å². The predicted octanol–water partition coefficient (Wildman–Crippen LogP) is 3.85. The molecule has 0 radical (unpaired) electrons. The van der Waals surface area contributed by atoms with E-state index >= 15 is 0 Å². The van der Waals surface area contributed by atoms with Crippen LogP contribution >= 0.6 is 0 Å². The normalized spacial score (nSPS) is 10.9. The van der Waals surface area contributed by atoms with Gasteiger partial charge in [-0.3, -0.25) is 14.0 Å². The van der Waals surface area contributed by atoms with Crippen molar-refractivity contribution in [2.75, 3.05) is 13.2 Å². The average molecular weight is 481 g/mol. The van der Waals surface area contributed by atoms with E-state index in [1.165, 1.54) is 21.4 Å². The zero-order valence-electron chi connectivity index (χ0n) is 19.9. The van der Waals surface area contributed by atoms with E-state index in [9.17, 15) is 9.59 Å². The number of aromatic nitrogens is 5. The number of nitrogens with zero attached hydrogens (tertiary/aromatic N) is 5. The van der Waals surface area contributed by atoms with Crippen molar-refractivity contribution in [2.45, 2.75) is 13.8 Å². The summed E-state index contributed by atoms with van der Waals surface area (Å²) >= 11 is 0. The van der Waals surface area contributed by atoms with Crippen molar-refractivity contribution in [3.63, 3.8) is 0 Å². The van der Waals surface area contributed by atoms with Gasteiger partial charge in [0.05, 0.1) is 6.61 Å². The van der Waals surface area contributed by atoms with Crippen LogP contribution in [-0.4, -0.2) is 49.4 Å². The van der Waals surface area contributed by atoms with E-state index in [0.29, 0.717) is 11.6 Å². The zero-order chi connectivity index (χ0) is 25.1. The first-order chi connectivity index (χ1) is 17.5. The van der Waals surface area contributed by atoms with Gasteiger partial charge in [0.1, 0.15) is 6.54 Å². The smallest absolute Gasteiger partial charge is 0.325 e. The molecule has 3 aromatic heterocycles. The third-order valence-electron chi connectivity index (χ3n) is 5.85. The Morgan fingerprint density at radius 1 is 0.917 bits per heavy atom. The molecule has 0 aliphatic heterocycles. The number of hydrogen-bond acceptors (Lipinski definition) is 6. The van der Waals surface area contributed by atoms with Crippen LogP contribution in [0, 0.1) is 6.92 Å². The van der Waals surface area contributed by atoms with Gasteiger partial charge in [0, 0.05) is 12.4 Å². The fourth-order valence-electron chi connectivity index (χ4n) is 4.09. The van der Waals surface area contributed by atoms with Crippen molar-refractivity contribution in [1.29, 1.82) is 0 Å². The van der Waals surface area contributed by atoms with Crippen molar-refractivity contribution >= 4 is 17.5 Å². The minimum atomic E-state index is -0.505. The molecule has 5 rings (SSSR count). The number of fused-ring (bicyclic) bond motifs is 1. The minimum absolute atomic E-state index is 0.154. The van der Waals surface area contributed by atoms with Gasteiger partial charge in [0.2, 0.25) is 0 Å². The lowest BCUT2D eigenvalue weighted by Crippen LogP contribution is -2.31. The quantitative estimate of drug-likeness (QED) is 0.355. The number of ether oxygens (including phenoxy) is 1. The number of nitrogens with one attached hydrogen (secondary N) is 1. The molecule has 5 aromatic rings. The Bertz CT molecular complexity index is 1550. The molecule has 0 saturated heterocycles. The lowest BCUT2D eigenvalue weighted by molar-refractivity contribution is -0.141. The van der Waals surface area contributed by atoms with Crippen molar-refractivity contribution in [2.24, 2.45) is 0 Å². The van der Waals surface area contributed by atoms with Gasteiger partial charge in [0.25, 0.3) is 11.9 Å². The van der Waals surface area contributed by atoms with Crippen LogP contribution < -0.4 is 5.32 Å². The molecule has 2 aromatic carbocycles. The highest BCUT2D eigenvalue weighted by Gasteiger charge is 2.16. The number of benzene rings is 2. The first-order valence-electron chi connectivity index (χ1n) is 11.5. The molecule has 0 spiro atoms. The van der Waals surface area contributed by atoms with Gasteiger partial charge in [-0.15, -0.1) is 10.2 Å². The summed E-state index contributed by atoms with van der Waals surface area (Å²) in [4.78, 5) is 23.8. The van der Waals surface area contributed by atoms with E-state index in [2.05, 4.69) is 57.9 Å². The Labute approximate surface area is 207 Å². The molecule has 0 bridgehead atoms. The summed E-state index contributed by atoms with van der Waals surface area (Å²) in [6, 6.07) is 22.1. The van der Waals surface area contributed by atoms with Crippen LogP contribution in [0.2, 0.25) is 0 Å². The lowest BCUT2D eigenvalue weighted by atomic mass is 9.93. The summed E-state index contributed by atoms with van der Waals surface area (Å²) < 4.78 is 8.09. The Morgan fingerprint density at radius 3 is 2.47 bits per heavy atom. The summed E-state index contributed by atoms with van der Waals surface area (Å²) in [5.74, 6) is -0.545. The number of amides is 1. The maximum atomic E-state index is 12.3. The maximum Gasteiger partial charge on any atom is 0.325 e. The Kier molecular flexibility index (Phi) is 6.27. The van der Waals surface area contributed by atoms with E-state index in [4.69, 9.17) is 4.74 Å². The summed E-state index contributed by atoms with van der Waals surface area (Å²) in [6.07, 6.45) is 3.51. The van der Waals surface area contributed by atoms with Gasteiger partial charge in [0.15, 0.2) is 11.3 Å². The van der Waals surface area contributed by atoms with E-state index in [1.54, 1.807) is 23.6 Å². The molecule has 0 aliphatic rings. The first-order valence-corrected chi connectivity index (χ1v) is 11.5. The SMILES string of the molecule is CCOC(=O)CNC(=O)c1ccn(-c2nnc3cc(-c4cccc(-c5ccccc5)c4C)ccn23)n1. The van der Waals surface area contributed by atoms with Crippen LogP contribution in [0.25, 0.3) is 33.8 Å². The largest absolute Gasteiger partial charge is 0.465 e. The van der Waals surface area contributed by atoms with Crippen molar-refractivity contribution in [1.82, 2.24) is 29.7 Å². The molecule has 1 amide bonds. The number of carbonyl (C=O) groups excluding carboxylic acids is 2. The lowest BCUT2D eigenvalue weighted by Gasteiger charge is -2.12. The van der Waals surface area contributed by atoms with E-state index in [1.807, 2.05) is 36.5 Å². The van der Waals surface area contributed by atoms with E-state index in [0.717, 1.165) is 11.1 Å². The number of pyridine rings is 1. The second-order valence-electron chi connectivity index (χ2n) is 8.12. The molecule has 0 aliphatic carbocycles. The molecule has 0 atom stereocenters. The summed E-state index contributed by atoms with van der Waals surface area (Å²) in [5.41, 5.74) is 6.47. The van der Waals surface area contributed by atoms with Gasteiger partial charge in [-0.25, -0.2) is 4.68 Å². The summed E-state index contributed by atoms with van der Waals surface area (Å²) in [5, 5.41) is 15.4. The molecular formula is C27H24N6O3. The van der Waals surface area contributed by atoms with Gasteiger partial charge in [-0.05, 0) is 59.9 Å². The molecular weight excluding hydrogens is 456 g/mol. The highest BCUT2D eigenvalue weighted by Crippen LogP contribution is 2.32. The van der Waals surface area contributed by atoms with Crippen molar-refractivity contribution < 1.29 is 14.3 Å². The van der Waals surface area contributed by atoms with E-state index < -0.39 is 11.9 Å². The van der Waals surface area contributed by atoms with Gasteiger partial charge < -0.3 is 10.1 Å². The molecule has 180 valence electrons. The molecule has 0 unspecified atom stereocenters. The van der Waals surface area contributed by atoms with Crippen molar-refractivity contribution in [3.8, 4) is 28.2 Å². The fraction of sp³-hybridized carbons (Fsp3) is 0.148. The third-order valence-corrected chi connectivity index (χ3v) is 5.85. The van der Waals surface area contributed by atoms with Crippen LogP contribution in [0.5, 0.6) is 0 Å². The minimum Gasteiger partial charge on any atom is -0.465 e. The average Bonchev–Trinajstić information content (AvgIpc) is 3.55. The number of esters is 1. The first kappa shape index (κ1) is 23.0. The molecule has 9 heteroatoms. The summed E-state index contributed by atoms with van der Waals surface area (Å²) in [7, 11) is 0. The molecule has 9 nitrogen and oxygen atoms in total. The Balaban J connectivity index is 1.41. The molecule has 0 saturated carbocycles. The number of rotatable bonds is 7. The summed E-state index contributed by atoms with van der Waals surface area (Å²) in [6.45, 7) is 3.86. The highest BCUT2D eigenvalue weighted by molar-refractivity contribution is 5.94. The van der Waals surface area contributed by atoms with Crippen LogP contribution in [0.1, 0.15) is 23.0 Å². The number of carbonyl (C=O) groups is 2. The molecule has 3 heterocycles. The second kappa shape index (κ2) is 9.83. The van der Waals surface area contributed by atoms with Gasteiger partial charge in [-0.1, -0.05) is 48.5 Å². The zero-order valence-corrected chi connectivity index (χ0v) is 19.9. The van der Waals surface area contributed by atoms with Crippen LogP contribution in [0.3, 0.4) is 0 Å². The maximum absolute atomic E-state index is 12.3. The Morgan fingerprint density at radius 2 is 1.69 bits per heavy atom. The monoisotopic (exact) mass is 480 g/mol. The van der Waals surface area contributed by atoms with Crippen LogP contribution in [0.15, 0.2) is 79.1 Å². The highest BCUT2D eigenvalue weighted by atomic mass is 16.5. The second-order valence-corrected chi connectivity index (χ2v) is 8.12. The Hall–Kier alpha value is -4.79. The third kappa shape index (κ3) is 4.46. The van der Waals surface area contributed by atoms with Crippen LogP contribution in [0.4, 0.5) is 0 Å². The van der Waals surface area contributed by atoms with Gasteiger partial charge >= 0.3 is 5.97 Å². The fourth-order valence-corrected chi connectivity index (χ4v) is 4.09. The molecule has 36 heavy (non-hydrogen) atoms. The predicted molar refractivity (Wildman–Crippen MR) is 135 cm³/mol. The molecule has 1 N–H and O–H groups in total. The number of hydrogen-bond donors (Lipinski definition) is 1.